The highest BCUT2D eigenvalue weighted by Gasteiger charge is 2.34. The summed E-state index contributed by atoms with van der Waals surface area (Å²) in [6.45, 7) is 12.2. The lowest BCUT2D eigenvalue weighted by Crippen LogP contribution is -2.37. The van der Waals surface area contributed by atoms with E-state index in [1.165, 1.54) is 0 Å². The maximum Gasteiger partial charge on any atom is 0.161 e. The van der Waals surface area contributed by atoms with Crippen LogP contribution in [0.5, 0.6) is 0 Å². The fraction of sp³-hybridized carbons (Fsp3) is 0.778. The van der Waals surface area contributed by atoms with Gasteiger partial charge in [-0.05, 0) is 13.8 Å². The maximum absolute atomic E-state index is 5.68. The zero-order valence-corrected chi connectivity index (χ0v) is 12.8. The molecule has 0 heterocycles. The molecule has 14 heavy (non-hydrogen) atoms. The van der Waals surface area contributed by atoms with Crippen LogP contribution in [0.2, 0.25) is 13.1 Å². The summed E-state index contributed by atoms with van der Waals surface area (Å²) in [5.41, 5.74) is -0.263. The molecule has 0 atom stereocenters. The summed E-state index contributed by atoms with van der Waals surface area (Å²) in [6, 6.07) is 0. The monoisotopic (exact) mass is 234 g/mol. The Balaban J connectivity index is 4.51. The predicted octanol–water partition coefficient (Wildman–Crippen LogP) is 0.796. The average Bonchev–Trinajstić information content (AvgIpc) is 2.16. The third kappa shape index (κ3) is 3.57. The molecule has 0 unspecified atom stereocenters. The number of hydrogen-bond acceptors (Lipinski definition) is 3. The minimum Gasteiger partial charge on any atom is -0.501 e. The van der Waals surface area contributed by atoms with E-state index in [4.69, 9.17) is 13.6 Å². The van der Waals surface area contributed by atoms with E-state index in [0.717, 1.165) is 0 Å². The molecule has 0 saturated carbocycles. The van der Waals surface area contributed by atoms with Gasteiger partial charge >= 0.3 is 0 Å². The van der Waals surface area contributed by atoms with Crippen LogP contribution in [0, 0.1) is 5.41 Å². The Labute approximate surface area is 91.7 Å². The van der Waals surface area contributed by atoms with Crippen molar-refractivity contribution in [2.24, 2.45) is 5.41 Å². The molecule has 0 rings (SSSR count). The van der Waals surface area contributed by atoms with Crippen molar-refractivity contribution >= 4 is 19.5 Å². The van der Waals surface area contributed by atoms with Crippen LogP contribution in [0.3, 0.4) is 0 Å². The van der Waals surface area contributed by atoms with E-state index in [0.29, 0.717) is 5.76 Å². The van der Waals surface area contributed by atoms with E-state index >= 15 is 0 Å². The molecule has 0 aromatic carbocycles. The van der Waals surface area contributed by atoms with Crippen molar-refractivity contribution in [1.29, 1.82) is 0 Å². The molecule has 0 aliphatic heterocycles. The zero-order chi connectivity index (χ0) is 11.2. The summed E-state index contributed by atoms with van der Waals surface area (Å²) < 4.78 is 16.5. The van der Waals surface area contributed by atoms with E-state index in [-0.39, 0.29) is 11.7 Å². The first-order valence-corrected chi connectivity index (χ1v) is 8.95. The van der Waals surface area contributed by atoms with Crippen LogP contribution < -0.4 is 0 Å². The molecular formula is C9H22O3Si2. The van der Waals surface area contributed by atoms with Crippen molar-refractivity contribution in [3.05, 3.63) is 12.3 Å². The second kappa shape index (κ2) is 6.39. The van der Waals surface area contributed by atoms with Gasteiger partial charge in [-0.3, -0.25) is 0 Å². The molecule has 0 fully saturated rings. The molecule has 3 nitrogen and oxygen atoms in total. The van der Waals surface area contributed by atoms with Gasteiger partial charge in [0.05, 0.1) is 18.3 Å². The lowest BCUT2D eigenvalue weighted by atomic mass is 9.91. The summed E-state index contributed by atoms with van der Waals surface area (Å²) in [5, 5.41) is 0. The highest BCUT2D eigenvalue weighted by molar-refractivity contribution is 6.26. The highest BCUT2D eigenvalue weighted by Crippen LogP contribution is 2.31. The average molecular weight is 234 g/mol. The molecule has 0 bridgehead atoms. The van der Waals surface area contributed by atoms with Crippen molar-refractivity contribution in [2.75, 3.05) is 7.11 Å². The molecule has 0 aromatic heterocycles. The van der Waals surface area contributed by atoms with Crippen LogP contribution in [0.1, 0.15) is 13.8 Å². The number of ether oxygens (including phenoxy) is 1. The first-order valence-electron chi connectivity index (χ1n) is 4.97. The number of methoxy groups -OCH3 is 1. The van der Waals surface area contributed by atoms with Gasteiger partial charge in [-0.15, -0.1) is 0 Å². The normalized spacial score (nSPS) is 15.5. The summed E-state index contributed by atoms with van der Waals surface area (Å²) >= 11 is 0. The van der Waals surface area contributed by atoms with Crippen molar-refractivity contribution in [3.8, 4) is 0 Å². The second-order valence-electron chi connectivity index (χ2n) is 3.59. The van der Waals surface area contributed by atoms with Crippen LogP contribution in [-0.4, -0.2) is 32.9 Å². The van der Waals surface area contributed by atoms with Crippen molar-refractivity contribution in [1.82, 2.24) is 0 Å². The Morgan fingerprint density at radius 1 is 1.21 bits per heavy atom. The van der Waals surface area contributed by atoms with E-state index in [1.54, 1.807) is 7.11 Å². The van der Waals surface area contributed by atoms with E-state index in [9.17, 15) is 0 Å². The standard InChI is InChI=1S/C9H22O3Si2/c1-7(10-4)9(2,3)8(11-13-5)12-14-6/h8H,1,13-14H2,2-6H3. The SMILES string of the molecule is C=C(OC)C(C)(C)C(O[SiH2]C)O[SiH2]C. The van der Waals surface area contributed by atoms with Crippen LogP contribution in [0.25, 0.3) is 0 Å². The Hall–Kier alpha value is -0.106. The molecule has 0 radical (unpaired) electrons. The summed E-state index contributed by atoms with van der Waals surface area (Å²) in [6.07, 6.45) is -0.178. The van der Waals surface area contributed by atoms with Crippen LogP contribution >= 0.6 is 0 Å². The topological polar surface area (TPSA) is 27.7 Å². The molecule has 0 spiro atoms. The smallest absolute Gasteiger partial charge is 0.161 e. The first-order chi connectivity index (χ1) is 6.50. The Kier molecular flexibility index (Phi) is 6.34. The van der Waals surface area contributed by atoms with Crippen LogP contribution in [-0.2, 0) is 13.6 Å². The Morgan fingerprint density at radius 3 is 1.93 bits per heavy atom. The molecule has 0 aliphatic carbocycles. The zero-order valence-electron chi connectivity index (χ0n) is 9.92. The van der Waals surface area contributed by atoms with Gasteiger partial charge in [0.2, 0.25) is 0 Å². The van der Waals surface area contributed by atoms with Crippen molar-refractivity contribution in [2.45, 2.75) is 33.2 Å². The lowest BCUT2D eigenvalue weighted by molar-refractivity contribution is -0.0790. The molecule has 84 valence electrons. The molecular weight excluding hydrogens is 212 g/mol. The molecule has 0 saturated heterocycles. The van der Waals surface area contributed by atoms with Crippen LogP contribution in [0.4, 0.5) is 0 Å². The fourth-order valence-corrected chi connectivity index (χ4v) is 2.99. The first kappa shape index (κ1) is 13.9. The third-order valence-corrected chi connectivity index (χ3v) is 3.46. The highest BCUT2D eigenvalue weighted by atomic mass is 28.2. The van der Waals surface area contributed by atoms with Gasteiger partial charge in [0.25, 0.3) is 0 Å². The molecule has 0 aliphatic rings. The van der Waals surface area contributed by atoms with Gasteiger partial charge in [-0.1, -0.05) is 19.7 Å². The molecule has 0 aromatic rings. The van der Waals surface area contributed by atoms with Gasteiger partial charge in [0, 0.05) is 0 Å². The minimum absolute atomic E-state index is 0.178. The van der Waals surface area contributed by atoms with Gasteiger partial charge in [0.15, 0.2) is 19.5 Å². The van der Waals surface area contributed by atoms with Gasteiger partial charge in [0.1, 0.15) is 6.29 Å². The Morgan fingerprint density at radius 2 is 1.64 bits per heavy atom. The largest absolute Gasteiger partial charge is 0.501 e. The van der Waals surface area contributed by atoms with E-state index in [1.807, 2.05) is 13.8 Å². The third-order valence-electron chi connectivity index (χ3n) is 2.19. The predicted molar refractivity (Wildman–Crippen MR) is 64.7 cm³/mol. The summed E-state index contributed by atoms with van der Waals surface area (Å²) in [4.78, 5) is 0. The summed E-state index contributed by atoms with van der Waals surface area (Å²) in [5.74, 6) is 0.715. The maximum atomic E-state index is 5.68. The lowest BCUT2D eigenvalue weighted by Gasteiger charge is -2.34. The van der Waals surface area contributed by atoms with Gasteiger partial charge < -0.3 is 13.6 Å². The summed E-state index contributed by atoms with van der Waals surface area (Å²) in [7, 11) is 0.688. The van der Waals surface area contributed by atoms with E-state index < -0.39 is 19.5 Å². The number of hydrogen-bond donors (Lipinski definition) is 0. The van der Waals surface area contributed by atoms with Crippen LogP contribution in [0.15, 0.2) is 12.3 Å². The molecule has 0 N–H and O–H groups in total. The minimum atomic E-state index is -0.473. The number of rotatable bonds is 7. The molecule has 5 heteroatoms. The van der Waals surface area contributed by atoms with Gasteiger partial charge in [-0.2, -0.15) is 0 Å². The second-order valence-corrected chi connectivity index (χ2v) is 5.41. The molecule has 0 amide bonds. The fourth-order valence-electron chi connectivity index (χ4n) is 1.16. The van der Waals surface area contributed by atoms with Crippen molar-refractivity contribution in [3.63, 3.8) is 0 Å². The van der Waals surface area contributed by atoms with Gasteiger partial charge in [-0.25, -0.2) is 0 Å². The Bertz CT molecular complexity index is 177. The quantitative estimate of drug-likeness (QED) is 0.370. The van der Waals surface area contributed by atoms with E-state index in [2.05, 4.69) is 19.7 Å². The van der Waals surface area contributed by atoms with Crippen molar-refractivity contribution < 1.29 is 13.6 Å².